The molecule has 0 aliphatic carbocycles. The molecule has 19 heavy (non-hydrogen) atoms. The Morgan fingerprint density at radius 1 is 1.05 bits per heavy atom. The van der Waals surface area contributed by atoms with E-state index in [-0.39, 0.29) is 0 Å². The van der Waals surface area contributed by atoms with Gasteiger partial charge in [-0.15, -0.1) is 0 Å². The van der Waals surface area contributed by atoms with E-state index in [1.807, 2.05) is 18.2 Å². The maximum absolute atomic E-state index is 4.34. The number of hydrogen-bond acceptors (Lipinski definition) is 6. The van der Waals surface area contributed by atoms with Crippen LogP contribution in [0, 0.1) is 0 Å². The molecule has 3 aromatic rings. The summed E-state index contributed by atoms with van der Waals surface area (Å²) in [4.78, 5) is 10.0. The molecule has 2 N–H and O–H groups in total. The van der Waals surface area contributed by atoms with Crippen LogP contribution in [0.15, 0.2) is 30.6 Å². The first-order chi connectivity index (χ1) is 9.28. The van der Waals surface area contributed by atoms with Crippen molar-refractivity contribution in [1.82, 2.24) is 25.0 Å². The second-order valence-electron chi connectivity index (χ2n) is 3.99. The van der Waals surface area contributed by atoms with Crippen LogP contribution < -0.4 is 10.6 Å². The van der Waals surface area contributed by atoms with Gasteiger partial charge in [0.2, 0.25) is 0 Å². The summed E-state index contributed by atoms with van der Waals surface area (Å²) in [5.41, 5.74) is 2.49. The van der Waals surface area contributed by atoms with Crippen LogP contribution >= 0.6 is 0 Å². The van der Waals surface area contributed by atoms with Crippen LogP contribution in [-0.4, -0.2) is 32.0 Å². The summed E-state index contributed by atoms with van der Waals surface area (Å²) in [6.07, 6.45) is 3.28. The second kappa shape index (κ2) is 4.52. The highest BCUT2D eigenvalue weighted by Crippen LogP contribution is 2.25. The number of aromatic nitrogens is 5. The molecule has 7 nitrogen and oxygen atoms in total. The predicted octanol–water partition coefficient (Wildman–Crippen LogP) is 1.54. The molecular weight excluding hydrogens is 242 g/mol. The van der Waals surface area contributed by atoms with Gasteiger partial charge in [-0.2, -0.15) is 15.0 Å². The minimum Gasteiger partial charge on any atom is -0.370 e. The SMILES string of the molecule is CNc1nccnc1Nc1cccc2nn(C)nc12. The summed E-state index contributed by atoms with van der Waals surface area (Å²) >= 11 is 0. The number of fused-ring (bicyclic) bond motifs is 1. The van der Waals surface area contributed by atoms with Gasteiger partial charge >= 0.3 is 0 Å². The van der Waals surface area contributed by atoms with Crippen molar-refractivity contribution in [2.45, 2.75) is 0 Å². The molecule has 0 bridgehead atoms. The number of aryl methyl sites for hydroxylation is 1. The molecule has 3 rings (SSSR count). The van der Waals surface area contributed by atoms with Crippen molar-refractivity contribution in [2.75, 3.05) is 17.7 Å². The summed E-state index contributed by atoms with van der Waals surface area (Å²) in [6.45, 7) is 0. The van der Waals surface area contributed by atoms with E-state index in [9.17, 15) is 0 Å². The lowest BCUT2D eigenvalue weighted by Crippen LogP contribution is -2.01. The van der Waals surface area contributed by atoms with Crippen molar-refractivity contribution in [1.29, 1.82) is 0 Å². The van der Waals surface area contributed by atoms with Crippen LogP contribution in [0.1, 0.15) is 0 Å². The Labute approximate surface area is 109 Å². The van der Waals surface area contributed by atoms with Crippen LogP contribution in [0.4, 0.5) is 17.3 Å². The fraction of sp³-hybridized carbons (Fsp3) is 0.167. The Morgan fingerprint density at radius 2 is 1.84 bits per heavy atom. The third-order valence-electron chi connectivity index (χ3n) is 2.70. The monoisotopic (exact) mass is 255 g/mol. The molecule has 0 aliphatic heterocycles. The maximum Gasteiger partial charge on any atom is 0.173 e. The molecule has 0 spiro atoms. The average molecular weight is 255 g/mol. The van der Waals surface area contributed by atoms with Crippen molar-refractivity contribution < 1.29 is 0 Å². The van der Waals surface area contributed by atoms with E-state index in [2.05, 4.69) is 30.8 Å². The Bertz CT molecular complexity index is 719. The van der Waals surface area contributed by atoms with Gasteiger partial charge in [0, 0.05) is 26.5 Å². The average Bonchev–Trinajstić information content (AvgIpc) is 2.81. The van der Waals surface area contributed by atoms with Gasteiger partial charge in [0.25, 0.3) is 0 Å². The molecule has 0 radical (unpaired) electrons. The molecule has 7 heteroatoms. The molecule has 0 fully saturated rings. The summed E-state index contributed by atoms with van der Waals surface area (Å²) in [6, 6.07) is 5.78. The quantitative estimate of drug-likeness (QED) is 0.739. The summed E-state index contributed by atoms with van der Waals surface area (Å²) in [7, 11) is 3.60. The molecule has 0 aliphatic rings. The maximum atomic E-state index is 4.34. The van der Waals surface area contributed by atoms with Gasteiger partial charge < -0.3 is 10.6 Å². The number of rotatable bonds is 3. The fourth-order valence-corrected chi connectivity index (χ4v) is 1.88. The van der Waals surface area contributed by atoms with Crippen molar-refractivity contribution in [3.05, 3.63) is 30.6 Å². The zero-order valence-corrected chi connectivity index (χ0v) is 10.6. The predicted molar refractivity (Wildman–Crippen MR) is 73.4 cm³/mol. The number of nitrogens with zero attached hydrogens (tertiary/aromatic N) is 5. The van der Waals surface area contributed by atoms with Crippen LogP contribution in [0.5, 0.6) is 0 Å². The summed E-state index contributed by atoms with van der Waals surface area (Å²) < 4.78 is 0. The third-order valence-corrected chi connectivity index (χ3v) is 2.70. The highest BCUT2D eigenvalue weighted by molar-refractivity contribution is 5.90. The molecule has 0 saturated carbocycles. The van der Waals surface area contributed by atoms with E-state index >= 15 is 0 Å². The lowest BCUT2D eigenvalue weighted by atomic mass is 10.2. The van der Waals surface area contributed by atoms with Crippen molar-refractivity contribution in [3.8, 4) is 0 Å². The van der Waals surface area contributed by atoms with Gasteiger partial charge in [0.1, 0.15) is 11.0 Å². The van der Waals surface area contributed by atoms with Crippen LogP contribution in [0.25, 0.3) is 11.0 Å². The molecule has 1 aromatic carbocycles. The van der Waals surface area contributed by atoms with Crippen molar-refractivity contribution in [3.63, 3.8) is 0 Å². The minimum atomic E-state index is 0.656. The number of anilines is 3. The molecule has 96 valence electrons. The lowest BCUT2D eigenvalue weighted by molar-refractivity contribution is 0.665. The van der Waals surface area contributed by atoms with Crippen LogP contribution in [-0.2, 0) is 7.05 Å². The lowest BCUT2D eigenvalue weighted by Gasteiger charge is -2.09. The van der Waals surface area contributed by atoms with Gasteiger partial charge in [-0.1, -0.05) is 6.07 Å². The number of nitrogens with one attached hydrogen (secondary N) is 2. The molecular formula is C12H13N7. The zero-order chi connectivity index (χ0) is 13.2. The first-order valence-electron chi connectivity index (χ1n) is 5.84. The van der Waals surface area contributed by atoms with E-state index in [1.54, 1.807) is 31.3 Å². The minimum absolute atomic E-state index is 0.656. The molecule has 0 atom stereocenters. The van der Waals surface area contributed by atoms with E-state index in [1.165, 1.54) is 0 Å². The largest absolute Gasteiger partial charge is 0.370 e. The zero-order valence-electron chi connectivity index (χ0n) is 10.6. The van der Waals surface area contributed by atoms with E-state index in [0.717, 1.165) is 16.7 Å². The van der Waals surface area contributed by atoms with Gasteiger partial charge in [-0.3, -0.25) is 0 Å². The number of hydrogen-bond donors (Lipinski definition) is 2. The molecule has 0 saturated heterocycles. The fourth-order valence-electron chi connectivity index (χ4n) is 1.88. The first-order valence-corrected chi connectivity index (χ1v) is 5.84. The highest BCUT2D eigenvalue weighted by Gasteiger charge is 2.09. The Kier molecular flexibility index (Phi) is 2.71. The normalized spacial score (nSPS) is 10.6. The third kappa shape index (κ3) is 2.05. The van der Waals surface area contributed by atoms with Gasteiger partial charge in [0.05, 0.1) is 5.69 Å². The smallest absolute Gasteiger partial charge is 0.173 e. The van der Waals surface area contributed by atoms with Gasteiger partial charge in [-0.05, 0) is 12.1 Å². The molecule has 2 heterocycles. The number of benzene rings is 1. The van der Waals surface area contributed by atoms with Gasteiger partial charge in [0.15, 0.2) is 11.6 Å². The molecule has 0 amide bonds. The van der Waals surface area contributed by atoms with Crippen LogP contribution in [0.3, 0.4) is 0 Å². The van der Waals surface area contributed by atoms with E-state index in [4.69, 9.17) is 0 Å². The summed E-state index contributed by atoms with van der Waals surface area (Å²) in [5, 5.41) is 14.8. The summed E-state index contributed by atoms with van der Waals surface area (Å²) in [5.74, 6) is 1.34. The van der Waals surface area contributed by atoms with Crippen molar-refractivity contribution in [2.24, 2.45) is 7.05 Å². The Morgan fingerprint density at radius 3 is 2.63 bits per heavy atom. The molecule has 2 aromatic heterocycles. The standard InChI is InChI=1S/C12H13N7/c1-13-11-12(15-7-6-14-11)16-8-4-3-5-9-10(8)18-19(2)17-9/h3-7H,1-2H3,(H,13,14)(H,15,16). The Balaban J connectivity index is 2.05. The van der Waals surface area contributed by atoms with Gasteiger partial charge in [-0.25, -0.2) is 9.97 Å². The first kappa shape index (κ1) is 11.4. The van der Waals surface area contributed by atoms with Crippen molar-refractivity contribution >= 4 is 28.4 Å². The highest BCUT2D eigenvalue weighted by atomic mass is 15.5. The Hall–Kier alpha value is -2.70. The second-order valence-corrected chi connectivity index (χ2v) is 3.99. The topological polar surface area (TPSA) is 80.5 Å². The van der Waals surface area contributed by atoms with Crippen LogP contribution in [0.2, 0.25) is 0 Å². The van der Waals surface area contributed by atoms with E-state index in [0.29, 0.717) is 11.6 Å². The molecule has 0 unspecified atom stereocenters. The van der Waals surface area contributed by atoms with E-state index < -0.39 is 0 Å².